The van der Waals surface area contributed by atoms with Crippen molar-refractivity contribution in [1.82, 2.24) is 15.4 Å². The SMILES string of the molecule is CC(C)(CCOC(C)(C)CC(=O)ON1C(=O)CCC1=O)NC(=O)CCSSc1ccccn1. The molecule has 1 N–H and O–H groups in total. The lowest BCUT2D eigenvalue weighted by molar-refractivity contribution is -0.200. The number of ether oxygens (including phenoxy) is 1. The van der Waals surface area contributed by atoms with E-state index in [9.17, 15) is 19.2 Å². The first-order valence-corrected chi connectivity index (χ1v) is 13.0. The Kier molecular flexibility index (Phi) is 10.2. The number of rotatable bonds is 13. The molecule has 11 heteroatoms. The van der Waals surface area contributed by atoms with E-state index in [1.807, 2.05) is 32.0 Å². The van der Waals surface area contributed by atoms with Gasteiger partial charge < -0.3 is 14.9 Å². The van der Waals surface area contributed by atoms with Gasteiger partial charge >= 0.3 is 5.97 Å². The largest absolute Gasteiger partial charge is 0.375 e. The summed E-state index contributed by atoms with van der Waals surface area (Å²) in [5.41, 5.74) is -1.34. The first kappa shape index (κ1) is 27.1. The van der Waals surface area contributed by atoms with Crippen LogP contribution >= 0.6 is 21.6 Å². The number of hydrogen-bond donors (Lipinski definition) is 1. The predicted octanol–water partition coefficient (Wildman–Crippen LogP) is 3.29. The zero-order valence-corrected chi connectivity index (χ0v) is 21.1. The maximum absolute atomic E-state index is 12.3. The molecule has 3 amide bonds. The number of hydroxylamine groups is 2. The summed E-state index contributed by atoms with van der Waals surface area (Å²) in [4.78, 5) is 56.6. The van der Waals surface area contributed by atoms with Gasteiger partial charge in [0.2, 0.25) is 5.91 Å². The van der Waals surface area contributed by atoms with Crippen LogP contribution in [0.15, 0.2) is 29.4 Å². The average molecular weight is 498 g/mol. The minimum atomic E-state index is -0.859. The van der Waals surface area contributed by atoms with Crippen LogP contribution in [-0.2, 0) is 28.8 Å². The van der Waals surface area contributed by atoms with Crippen molar-refractivity contribution >= 4 is 45.3 Å². The molecule has 182 valence electrons. The number of hydrogen-bond acceptors (Lipinski definition) is 9. The first-order chi connectivity index (χ1) is 15.5. The Bertz CT molecular complexity index is 832. The summed E-state index contributed by atoms with van der Waals surface area (Å²) >= 11 is 0. The van der Waals surface area contributed by atoms with Crippen LogP contribution in [-0.4, -0.2) is 57.2 Å². The minimum Gasteiger partial charge on any atom is -0.375 e. The predicted molar refractivity (Wildman–Crippen MR) is 126 cm³/mol. The lowest BCUT2D eigenvalue weighted by Gasteiger charge is -2.30. The highest BCUT2D eigenvalue weighted by Crippen LogP contribution is 2.29. The number of amides is 3. The number of carbonyl (C=O) groups excluding carboxylic acids is 4. The van der Waals surface area contributed by atoms with E-state index < -0.39 is 28.9 Å². The van der Waals surface area contributed by atoms with Crippen molar-refractivity contribution in [1.29, 1.82) is 0 Å². The molecule has 1 saturated heterocycles. The fourth-order valence-corrected chi connectivity index (χ4v) is 4.78. The Morgan fingerprint density at radius 3 is 2.48 bits per heavy atom. The molecule has 1 aliphatic rings. The third-order valence-electron chi connectivity index (χ3n) is 4.66. The average Bonchev–Trinajstić information content (AvgIpc) is 3.02. The molecule has 2 heterocycles. The quantitative estimate of drug-likeness (QED) is 0.249. The lowest BCUT2D eigenvalue weighted by Crippen LogP contribution is -2.45. The van der Waals surface area contributed by atoms with Crippen molar-refractivity contribution < 1.29 is 28.8 Å². The summed E-state index contributed by atoms with van der Waals surface area (Å²) in [6.07, 6.45) is 2.64. The normalized spacial score (nSPS) is 14.5. The standard InChI is InChI=1S/C22H31N3O6S2/c1-21(2,24-16(26)10-14-32-33-17-7-5-6-12-23-17)11-13-30-22(3,4)15-20(29)31-25-18(27)8-9-19(25)28/h5-7,12H,8-11,13-15H2,1-4H3,(H,24,26). The van der Waals surface area contributed by atoms with E-state index in [2.05, 4.69) is 10.3 Å². The van der Waals surface area contributed by atoms with E-state index >= 15 is 0 Å². The van der Waals surface area contributed by atoms with Crippen molar-refractivity contribution in [3.05, 3.63) is 24.4 Å². The van der Waals surface area contributed by atoms with Gasteiger partial charge in [0.25, 0.3) is 11.8 Å². The van der Waals surface area contributed by atoms with Gasteiger partial charge in [0.15, 0.2) is 0 Å². The monoisotopic (exact) mass is 497 g/mol. The molecular weight excluding hydrogens is 466 g/mol. The topological polar surface area (TPSA) is 115 Å². The maximum Gasteiger partial charge on any atom is 0.336 e. The molecule has 1 aromatic heterocycles. The molecule has 0 radical (unpaired) electrons. The number of aromatic nitrogens is 1. The Morgan fingerprint density at radius 1 is 1.15 bits per heavy atom. The highest BCUT2D eigenvalue weighted by molar-refractivity contribution is 8.76. The minimum absolute atomic E-state index is 0.0445. The highest BCUT2D eigenvalue weighted by atomic mass is 33.1. The molecule has 1 aromatic rings. The van der Waals surface area contributed by atoms with Crippen LogP contribution in [0.4, 0.5) is 0 Å². The fourth-order valence-electron chi connectivity index (χ4n) is 2.91. The zero-order valence-electron chi connectivity index (χ0n) is 19.4. The number of nitrogens with one attached hydrogen (secondary N) is 1. The van der Waals surface area contributed by atoms with Crippen molar-refractivity contribution in [3.8, 4) is 0 Å². The maximum atomic E-state index is 12.3. The molecule has 0 bridgehead atoms. The number of imide groups is 1. The van der Waals surface area contributed by atoms with Crippen LogP contribution < -0.4 is 5.32 Å². The number of nitrogens with zero attached hydrogens (tertiary/aromatic N) is 2. The van der Waals surface area contributed by atoms with Gasteiger partial charge in [-0.2, -0.15) is 0 Å². The van der Waals surface area contributed by atoms with Gasteiger partial charge in [0.05, 0.1) is 12.0 Å². The molecule has 33 heavy (non-hydrogen) atoms. The molecule has 0 unspecified atom stereocenters. The summed E-state index contributed by atoms with van der Waals surface area (Å²) in [5, 5.41) is 4.45. The van der Waals surface area contributed by atoms with Crippen molar-refractivity contribution in [2.24, 2.45) is 0 Å². The van der Waals surface area contributed by atoms with Gasteiger partial charge in [0.1, 0.15) is 5.03 Å². The van der Waals surface area contributed by atoms with Crippen molar-refractivity contribution in [3.63, 3.8) is 0 Å². The van der Waals surface area contributed by atoms with Crippen LogP contribution in [0.5, 0.6) is 0 Å². The number of pyridine rings is 1. The fraction of sp³-hybridized carbons (Fsp3) is 0.591. The summed E-state index contributed by atoms with van der Waals surface area (Å²) in [5.74, 6) is -1.12. The smallest absolute Gasteiger partial charge is 0.336 e. The molecule has 1 fully saturated rings. The van der Waals surface area contributed by atoms with Crippen LogP contribution in [0.25, 0.3) is 0 Å². The Balaban J connectivity index is 1.65. The molecular formula is C22H31N3O6S2. The third kappa shape index (κ3) is 10.1. The van der Waals surface area contributed by atoms with E-state index in [0.717, 1.165) is 5.03 Å². The molecule has 1 aliphatic heterocycles. The van der Waals surface area contributed by atoms with E-state index in [1.54, 1.807) is 30.8 Å². The van der Waals surface area contributed by atoms with Gasteiger partial charge in [-0.15, -0.1) is 5.06 Å². The van der Waals surface area contributed by atoms with E-state index in [4.69, 9.17) is 9.57 Å². The summed E-state index contributed by atoms with van der Waals surface area (Å²) in [7, 11) is 3.12. The lowest BCUT2D eigenvalue weighted by atomic mass is 10.0. The summed E-state index contributed by atoms with van der Waals surface area (Å²) in [6.45, 7) is 7.58. The van der Waals surface area contributed by atoms with Crippen LogP contribution in [0, 0.1) is 0 Å². The van der Waals surface area contributed by atoms with E-state index in [0.29, 0.717) is 30.3 Å². The van der Waals surface area contributed by atoms with Gasteiger partial charge in [-0.05, 0) is 57.0 Å². The summed E-state index contributed by atoms with van der Waals surface area (Å²) in [6, 6.07) is 5.71. The molecule has 2 rings (SSSR count). The first-order valence-electron chi connectivity index (χ1n) is 10.7. The van der Waals surface area contributed by atoms with E-state index in [-0.39, 0.29) is 25.2 Å². The summed E-state index contributed by atoms with van der Waals surface area (Å²) < 4.78 is 5.83. The molecule has 0 saturated carbocycles. The Morgan fingerprint density at radius 2 is 1.85 bits per heavy atom. The molecule has 9 nitrogen and oxygen atoms in total. The van der Waals surface area contributed by atoms with Gasteiger partial charge in [-0.25, -0.2) is 9.78 Å². The number of carbonyl (C=O) groups is 4. The van der Waals surface area contributed by atoms with Crippen molar-refractivity contribution in [2.75, 3.05) is 12.4 Å². The molecule has 0 atom stereocenters. The zero-order chi connectivity index (χ0) is 24.5. The second kappa shape index (κ2) is 12.4. The van der Waals surface area contributed by atoms with Crippen LogP contribution in [0.1, 0.15) is 59.8 Å². The highest BCUT2D eigenvalue weighted by Gasteiger charge is 2.34. The van der Waals surface area contributed by atoms with Gasteiger partial charge in [-0.1, -0.05) is 16.9 Å². The van der Waals surface area contributed by atoms with Crippen LogP contribution in [0.2, 0.25) is 0 Å². The second-order valence-corrected chi connectivity index (χ2v) is 11.3. The third-order valence-corrected chi connectivity index (χ3v) is 6.93. The Hall–Kier alpha value is -2.11. The van der Waals surface area contributed by atoms with Crippen molar-refractivity contribution in [2.45, 2.75) is 76.0 Å². The molecule has 0 spiro atoms. The van der Waals surface area contributed by atoms with E-state index in [1.165, 1.54) is 10.8 Å². The molecule has 0 aliphatic carbocycles. The second-order valence-electron chi connectivity index (χ2n) is 8.84. The van der Waals surface area contributed by atoms with Gasteiger partial charge in [0, 0.05) is 43.4 Å². The molecule has 0 aromatic carbocycles. The van der Waals surface area contributed by atoms with Gasteiger partial charge in [-0.3, -0.25) is 14.4 Å². The van der Waals surface area contributed by atoms with Crippen LogP contribution in [0.3, 0.4) is 0 Å². The Labute approximate surface area is 202 Å².